The van der Waals surface area contributed by atoms with Gasteiger partial charge in [0.25, 0.3) is 0 Å². The molecular weight excluding hydrogens is 412 g/mol. The van der Waals surface area contributed by atoms with Crippen molar-refractivity contribution in [1.82, 2.24) is 0 Å². The molecule has 11 atom stereocenters. The normalized spacial score (nSPS) is 59.8. The van der Waals surface area contributed by atoms with Crippen molar-refractivity contribution in [3.8, 4) is 0 Å². The number of fused-ring (bicyclic) bond motifs is 4. The highest BCUT2D eigenvalue weighted by atomic mass is 16.6. The van der Waals surface area contributed by atoms with Crippen LogP contribution in [-0.4, -0.2) is 29.1 Å². The van der Waals surface area contributed by atoms with Gasteiger partial charge in [0.2, 0.25) is 0 Å². The Morgan fingerprint density at radius 3 is 2.39 bits per heavy atom. The molecule has 2 unspecified atom stereocenters. The van der Waals surface area contributed by atoms with Gasteiger partial charge in [0.05, 0.1) is 11.5 Å². The van der Waals surface area contributed by atoms with Crippen molar-refractivity contribution >= 4 is 11.8 Å². The molecule has 182 valence electrons. The SMILES string of the molecule is C=C1C[C@@H]2[C@@](C)(C[C@@H]3OC(=O)[C@]24CC[C@@]2(C)C5CCC(=O)[C@H](C)[C@@]5(C)CCC2[C@@]34C)C[C@@H]1O. The van der Waals surface area contributed by atoms with E-state index in [-0.39, 0.29) is 45.6 Å². The quantitative estimate of drug-likeness (QED) is 0.389. The van der Waals surface area contributed by atoms with Gasteiger partial charge in [-0.15, -0.1) is 0 Å². The number of aliphatic hydroxyl groups excluding tert-OH is 1. The van der Waals surface area contributed by atoms with Crippen LogP contribution in [0, 0.1) is 50.7 Å². The van der Waals surface area contributed by atoms with Crippen molar-refractivity contribution in [2.24, 2.45) is 50.7 Å². The Hall–Kier alpha value is -1.16. The van der Waals surface area contributed by atoms with Gasteiger partial charge in [-0.3, -0.25) is 9.59 Å². The predicted molar refractivity (Wildman–Crippen MR) is 126 cm³/mol. The lowest BCUT2D eigenvalue weighted by Crippen LogP contribution is -2.70. The summed E-state index contributed by atoms with van der Waals surface area (Å²) in [5, 5.41) is 10.7. The second-order valence-electron chi connectivity index (χ2n) is 14.0. The fourth-order valence-electron chi connectivity index (χ4n) is 11.3. The van der Waals surface area contributed by atoms with Gasteiger partial charge in [0.15, 0.2) is 0 Å². The minimum atomic E-state index is -0.470. The summed E-state index contributed by atoms with van der Waals surface area (Å²) in [6, 6.07) is 0. The number of esters is 1. The lowest BCUT2D eigenvalue weighted by Gasteiger charge is -2.71. The van der Waals surface area contributed by atoms with Gasteiger partial charge in [-0.1, -0.05) is 41.2 Å². The highest BCUT2D eigenvalue weighted by molar-refractivity contribution is 5.83. The van der Waals surface area contributed by atoms with Crippen LogP contribution in [0.2, 0.25) is 0 Å². The number of ketones is 1. The molecule has 0 radical (unpaired) electrons. The van der Waals surface area contributed by atoms with E-state index in [0.717, 1.165) is 50.5 Å². The van der Waals surface area contributed by atoms with Crippen LogP contribution < -0.4 is 0 Å². The smallest absolute Gasteiger partial charge is 0.313 e. The molecule has 0 aromatic carbocycles. The molecule has 6 rings (SSSR count). The standard InChI is InChI=1S/C29H42O4/c1-16-13-22-25(3,14-19(16)31)15-23-28(6)21-9-10-26(4)17(2)18(30)7-8-20(26)27(21,5)11-12-29(22,28)24(32)33-23/h17,19-23,31H,1,7-15H2,2-6H3/t17-,19-,20?,21?,22+,23-,25+,26+,27-,28-,29-/m0/s1. The van der Waals surface area contributed by atoms with E-state index in [1.54, 1.807) is 0 Å². The zero-order chi connectivity index (χ0) is 23.8. The molecule has 1 N–H and O–H groups in total. The van der Waals surface area contributed by atoms with E-state index in [1.807, 2.05) is 0 Å². The maximum absolute atomic E-state index is 13.9. The molecule has 1 heterocycles. The molecule has 0 aromatic heterocycles. The van der Waals surface area contributed by atoms with Gasteiger partial charge in [-0.2, -0.15) is 0 Å². The summed E-state index contributed by atoms with van der Waals surface area (Å²) >= 11 is 0. The Balaban J connectivity index is 1.47. The summed E-state index contributed by atoms with van der Waals surface area (Å²) in [5.74, 6) is 1.76. The molecule has 5 saturated carbocycles. The van der Waals surface area contributed by atoms with Crippen LogP contribution >= 0.6 is 0 Å². The van der Waals surface area contributed by atoms with Crippen LogP contribution in [0.15, 0.2) is 12.2 Å². The van der Waals surface area contributed by atoms with Gasteiger partial charge in [0, 0.05) is 17.8 Å². The summed E-state index contributed by atoms with van der Waals surface area (Å²) in [7, 11) is 0. The first-order chi connectivity index (χ1) is 15.3. The average molecular weight is 455 g/mol. The number of rotatable bonds is 0. The number of Topliss-reactive ketones (excluding diaryl/α,β-unsaturated/α-hetero) is 1. The summed E-state index contributed by atoms with van der Waals surface area (Å²) in [5.41, 5.74) is 0.358. The number of ether oxygens (including phenoxy) is 1. The van der Waals surface area contributed by atoms with Crippen molar-refractivity contribution in [3.63, 3.8) is 0 Å². The third-order valence-electron chi connectivity index (χ3n) is 13.2. The zero-order valence-electron chi connectivity index (χ0n) is 21.2. The van der Waals surface area contributed by atoms with E-state index in [4.69, 9.17) is 4.74 Å². The van der Waals surface area contributed by atoms with Gasteiger partial charge in [-0.05, 0) is 90.9 Å². The van der Waals surface area contributed by atoms with Gasteiger partial charge in [-0.25, -0.2) is 0 Å². The Kier molecular flexibility index (Phi) is 4.28. The lowest BCUT2D eigenvalue weighted by molar-refractivity contribution is -0.244. The van der Waals surface area contributed by atoms with Crippen LogP contribution in [0.25, 0.3) is 0 Å². The van der Waals surface area contributed by atoms with Gasteiger partial charge in [0.1, 0.15) is 11.9 Å². The summed E-state index contributed by atoms with van der Waals surface area (Å²) < 4.78 is 6.34. The first kappa shape index (κ1) is 22.3. The third-order valence-corrected chi connectivity index (χ3v) is 13.2. The Morgan fingerprint density at radius 1 is 0.939 bits per heavy atom. The number of aliphatic hydroxyl groups is 1. The molecule has 1 saturated heterocycles. The lowest BCUT2D eigenvalue weighted by atomic mass is 9.30. The Bertz CT molecular complexity index is 955. The minimum absolute atomic E-state index is 0.0375. The molecule has 1 aliphatic heterocycles. The molecule has 0 spiro atoms. The molecule has 33 heavy (non-hydrogen) atoms. The molecular formula is C29H42O4. The molecule has 5 aliphatic carbocycles. The maximum atomic E-state index is 13.9. The Morgan fingerprint density at radius 2 is 1.67 bits per heavy atom. The average Bonchev–Trinajstić information content (AvgIpc) is 2.88. The van der Waals surface area contributed by atoms with Crippen LogP contribution in [0.4, 0.5) is 0 Å². The van der Waals surface area contributed by atoms with Crippen molar-refractivity contribution in [2.45, 2.75) is 105 Å². The number of hydrogen-bond acceptors (Lipinski definition) is 4. The van der Waals surface area contributed by atoms with E-state index < -0.39 is 11.5 Å². The molecule has 6 aliphatic rings. The monoisotopic (exact) mass is 454 g/mol. The number of hydrogen-bond donors (Lipinski definition) is 1. The fourth-order valence-corrected chi connectivity index (χ4v) is 11.3. The second kappa shape index (κ2) is 6.33. The van der Waals surface area contributed by atoms with E-state index in [9.17, 15) is 14.7 Å². The molecule has 2 bridgehead atoms. The fraction of sp³-hybridized carbons (Fsp3) is 0.862. The summed E-state index contributed by atoms with van der Waals surface area (Å²) in [6.07, 6.45) is 7.55. The van der Waals surface area contributed by atoms with E-state index in [1.165, 1.54) is 0 Å². The van der Waals surface area contributed by atoms with E-state index >= 15 is 0 Å². The van der Waals surface area contributed by atoms with Crippen molar-refractivity contribution in [3.05, 3.63) is 12.2 Å². The first-order valence-corrected chi connectivity index (χ1v) is 13.4. The zero-order valence-corrected chi connectivity index (χ0v) is 21.2. The predicted octanol–water partition coefficient (Wildman–Crippen LogP) is 5.47. The highest BCUT2D eigenvalue weighted by Gasteiger charge is 2.81. The number of carbonyl (C=O) groups excluding carboxylic acids is 2. The topological polar surface area (TPSA) is 63.6 Å². The van der Waals surface area contributed by atoms with E-state index in [0.29, 0.717) is 30.5 Å². The molecule has 0 aromatic rings. The number of carbonyl (C=O) groups is 2. The van der Waals surface area contributed by atoms with Crippen molar-refractivity contribution in [2.75, 3.05) is 0 Å². The minimum Gasteiger partial charge on any atom is -0.461 e. The first-order valence-electron chi connectivity index (χ1n) is 13.4. The summed E-state index contributed by atoms with van der Waals surface area (Å²) in [6.45, 7) is 16.0. The largest absolute Gasteiger partial charge is 0.461 e. The summed E-state index contributed by atoms with van der Waals surface area (Å²) in [4.78, 5) is 26.6. The van der Waals surface area contributed by atoms with Crippen molar-refractivity contribution in [1.29, 1.82) is 0 Å². The van der Waals surface area contributed by atoms with Crippen LogP contribution in [0.5, 0.6) is 0 Å². The van der Waals surface area contributed by atoms with Gasteiger partial charge >= 0.3 is 5.97 Å². The van der Waals surface area contributed by atoms with Crippen LogP contribution in [0.1, 0.15) is 92.4 Å². The van der Waals surface area contributed by atoms with E-state index in [2.05, 4.69) is 41.2 Å². The van der Waals surface area contributed by atoms with Crippen molar-refractivity contribution < 1.29 is 19.4 Å². The van der Waals surface area contributed by atoms with Crippen LogP contribution in [-0.2, 0) is 14.3 Å². The maximum Gasteiger partial charge on any atom is 0.313 e. The Labute approximate surface area is 198 Å². The molecule has 4 nitrogen and oxygen atoms in total. The highest BCUT2D eigenvalue weighted by Crippen LogP contribution is 2.80. The van der Waals surface area contributed by atoms with Gasteiger partial charge < -0.3 is 9.84 Å². The third kappa shape index (κ3) is 2.29. The van der Waals surface area contributed by atoms with Crippen LogP contribution in [0.3, 0.4) is 0 Å². The second-order valence-corrected chi connectivity index (χ2v) is 14.0. The molecule has 0 amide bonds. The molecule has 4 heteroatoms. The molecule has 6 fully saturated rings.